The SMILES string of the molecule is Cc1cccc(CO[C@@H]2CCC[C@H](OCc3coc(C4CCCCC4)n3)C2)c1C(=O)O. The molecule has 0 spiro atoms. The number of carbonyl (C=O) groups is 1. The van der Waals surface area contributed by atoms with E-state index in [0.717, 1.165) is 48.4 Å². The van der Waals surface area contributed by atoms with Crippen LogP contribution in [-0.2, 0) is 22.7 Å². The number of carboxylic acids is 1. The summed E-state index contributed by atoms with van der Waals surface area (Å²) in [7, 11) is 0. The van der Waals surface area contributed by atoms with Crippen LogP contribution in [0.5, 0.6) is 0 Å². The van der Waals surface area contributed by atoms with Gasteiger partial charge in [0.1, 0.15) is 12.0 Å². The Hall–Kier alpha value is -2.18. The molecule has 2 aliphatic carbocycles. The largest absolute Gasteiger partial charge is 0.478 e. The first-order valence-electron chi connectivity index (χ1n) is 11.6. The Morgan fingerprint density at radius 3 is 2.55 bits per heavy atom. The van der Waals surface area contributed by atoms with Gasteiger partial charge in [-0.15, -0.1) is 0 Å². The minimum absolute atomic E-state index is 0.0796. The number of ether oxygens (including phenoxy) is 2. The molecule has 168 valence electrons. The Balaban J connectivity index is 1.26. The number of hydrogen-bond acceptors (Lipinski definition) is 5. The minimum Gasteiger partial charge on any atom is -0.478 e. The predicted molar refractivity (Wildman–Crippen MR) is 116 cm³/mol. The molecule has 0 aliphatic heterocycles. The van der Waals surface area contributed by atoms with Crippen LogP contribution in [0, 0.1) is 6.92 Å². The number of hydrogen-bond donors (Lipinski definition) is 1. The normalized spacial score (nSPS) is 22.5. The number of carboxylic acid groups (broad SMARTS) is 1. The van der Waals surface area contributed by atoms with E-state index < -0.39 is 5.97 Å². The molecule has 6 nitrogen and oxygen atoms in total. The summed E-state index contributed by atoms with van der Waals surface area (Å²) >= 11 is 0. The lowest BCUT2D eigenvalue weighted by Crippen LogP contribution is -2.28. The van der Waals surface area contributed by atoms with Crippen molar-refractivity contribution < 1.29 is 23.8 Å². The molecule has 2 fully saturated rings. The summed E-state index contributed by atoms with van der Waals surface area (Å²) < 4.78 is 18.0. The van der Waals surface area contributed by atoms with Crippen molar-refractivity contribution in [3.63, 3.8) is 0 Å². The highest BCUT2D eigenvalue weighted by molar-refractivity contribution is 5.91. The molecule has 0 radical (unpaired) electrons. The summed E-state index contributed by atoms with van der Waals surface area (Å²) in [5.41, 5.74) is 2.72. The average Bonchev–Trinajstić information content (AvgIpc) is 3.26. The molecule has 2 saturated carbocycles. The molecule has 0 bridgehead atoms. The number of aromatic carboxylic acids is 1. The minimum atomic E-state index is -0.901. The van der Waals surface area contributed by atoms with Crippen LogP contribution >= 0.6 is 0 Å². The average molecular weight is 428 g/mol. The lowest BCUT2D eigenvalue weighted by Gasteiger charge is -2.29. The summed E-state index contributed by atoms with van der Waals surface area (Å²) in [6, 6.07) is 5.54. The standard InChI is InChI=1S/C25H33NO5/c1-17-7-5-10-19(23(17)25(27)28)14-29-21-11-6-12-22(13-21)30-15-20-16-31-24(26-20)18-8-3-2-4-9-18/h5,7,10,16,18,21-22H,2-4,6,8-9,11-15H2,1H3,(H,27,28)/t21-,22+/m1/s1. The first-order chi connectivity index (χ1) is 15.1. The van der Waals surface area contributed by atoms with Crippen molar-refractivity contribution in [2.45, 2.75) is 96.1 Å². The molecule has 0 amide bonds. The molecule has 1 aromatic heterocycles. The van der Waals surface area contributed by atoms with E-state index in [2.05, 4.69) is 4.98 Å². The van der Waals surface area contributed by atoms with Crippen molar-refractivity contribution in [2.24, 2.45) is 0 Å². The Morgan fingerprint density at radius 1 is 1.06 bits per heavy atom. The lowest BCUT2D eigenvalue weighted by molar-refractivity contribution is -0.0563. The van der Waals surface area contributed by atoms with Crippen LogP contribution in [0.4, 0.5) is 0 Å². The van der Waals surface area contributed by atoms with E-state index in [1.54, 1.807) is 6.26 Å². The quantitative estimate of drug-likeness (QED) is 0.576. The molecule has 6 heteroatoms. The van der Waals surface area contributed by atoms with Crippen molar-refractivity contribution in [3.05, 3.63) is 52.7 Å². The fraction of sp³-hybridized carbons (Fsp3) is 0.600. The monoisotopic (exact) mass is 427 g/mol. The Morgan fingerprint density at radius 2 is 1.81 bits per heavy atom. The molecule has 1 aromatic carbocycles. The topological polar surface area (TPSA) is 81.8 Å². The zero-order valence-electron chi connectivity index (χ0n) is 18.3. The third kappa shape index (κ3) is 5.74. The molecule has 2 atom stereocenters. The van der Waals surface area contributed by atoms with E-state index in [1.165, 1.54) is 32.1 Å². The molecular weight excluding hydrogens is 394 g/mol. The first kappa shape index (κ1) is 22.0. The third-order valence-corrected chi connectivity index (χ3v) is 6.62. The Bertz CT molecular complexity index is 871. The zero-order chi connectivity index (χ0) is 21.6. The highest BCUT2D eigenvalue weighted by Gasteiger charge is 2.25. The molecule has 2 aromatic rings. The van der Waals surface area contributed by atoms with Gasteiger partial charge in [-0.1, -0.05) is 37.5 Å². The van der Waals surface area contributed by atoms with Gasteiger partial charge in [0.15, 0.2) is 5.89 Å². The molecule has 0 saturated heterocycles. The van der Waals surface area contributed by atoms with Gasteiger partial charge in [0.05, 0.1) is 31.0 Å². The van der Waals surface area contributed by atoms with Crippen LogP contribution in [0.1, 0.15) is 96.8 Å². The van der Waals surface area contributed by atoms with E-state index in [4.69, 9.17) is 13.9 Å². The van der Waals surface area contributed by atoms with Crippen molar-refractivity contribution in [1.82, 2.24) is 4.98 Å². The highest BCUT2D eigenvalue weighted by atomic mass is 16.5. The van der Waals surface area contributed by atoms with Crippen LogP contribution in [0.2, 0.25) is 0 Å². The molecule has 0 unspecified atom stereocenters. The number of rotatable bonds is 8. The Labute approximate surface area is 184 Å². The van der Waals surface area contributed by atoms with Crippen LogP contribution in [0.25, 0.3) is 0 Å². The molecular formula is C25H33NO5. The van der Waals surface area contributed by atoms with E-state index in [9.17, 15) is 9.90 Å². The maximum absolute atomic E-state index is 11.6. The van der Waals surface area contributed by atoms with Crippen LogP contribution in [0.15, 0.2) is 28.9 Å². The predicted octanol–water partition coefficient (Wildman–Crippen LogP) is 5.77. The van der Waals surface area contributed by atoms with Gasteiger partial charge in [0.25, 0.3) is 0 Å². The zero-order valence-corrected chi connectivity index (χ0v) is 18.3. The van der Waals surface area contributed by atoms with E-state index in [0.29, 0.717) is 24.7 Å². The van der Waals surface area contributed by atoms with Gasteiger partial charge in [0, 0.05) is 5.92 Å². The fourth-order valence-corrected chi connectivity index (χ4v) is 4.90. The molecule has 2 aliphatic rings. The van der Waals surface area contributed by atoms with Crippen molar-refractivity contribution in [3.8, 4) is 0 Å². The van der Waals surface area contributed by atoms with Gasteiger partial charge in [-0.25, -0.2) is 9.78 Å². The van der Waals surface area contributed by atoms with Crippen LogP contribution in [0.3, 0.4) is 0 Å². The van der Waals surface area contributed by atoms with Crippen molar-refractivity contribution in [1.29, 1.82) is 0 Å². The number of benzene rings is 1. The Kier molecular flexibility index (Phi) is 7.41. The molecule has 31 heavy (non-hydrogen) atoms. The number of aromatic nitrogens is 1. The maximum atomic E-state index is 11.6. The van der Waals surface area contributed by atoms with Gasteiger partial charge in [-0.05, 0) is 56.6 Å². The number of oxazole rings is 1. The van der Waals surface area contributed by atoms with Gasteiger partial charge >= 0.3 is 5.97 Å². The summed E-state index contributed by atoms with van der Waals surface area (Å²) in [4.78, 5) is 16.2. The van der Waals surface area contributed by atoms with E-state index >= 15 is 0 Å². The third-order valence-electron chi connectivity index (χ3n) is 6.62. The smallest absolute Gasteiger partial charge is 0.336 e. The second-order valence-corrected chi connectivity index (χ2v) is 8.96. The number of aryl methyl sites for hydroxylation is 1. The molecule has 1 N–H and O–H groups in total. The maximum Gasteiger partial charge on any atom is 0.336 e. The van der Waals surface area contributed by atoms with E-state index in [1.807, 2.05) is 25.1 Å². The van der Waals surface area contributed by atoms with Crippen LogP contribution in [-0.4, -0.2) is 28.3 Å². The van der Waals surface area contributed by atoms with Crippen molar-refractivity contribution in [2.75, 3.05) is 0 Å². The summed E-state index contributed by atoms with van der Waals surface area (Å²) in [5.74, 6) is 0.435. The van der Waals surface area contributed by atoms with Gasteiger partial charge < -0.3 is 19.0 Å². The van der Waals surface area contributed by atoms with E-state index in [-0.39, 0.29) is 12.2 Å². The molecule has 4 rings (SSSR count). The summed E-state index contributed by atoms with van der Waals surface area (Å²) in [6.45, 7) is 2.60. The van der Waals surface area contributed by atoms with Gasteiger partial charge in [-0.3, -0.25) is 0 Å². The summed E-state index contributed by atoms with van der Waals surface area (Å²) in [6.07, 6.45) is 12.0. The fourth-order valence-electron chi connectivity index (χ4n) is 4.90. The van der Waals surface area contributed by atoms with Gasteiger partial charge in [0.2, 0.25) is 0 Å². The molecule has 1 heterocycles. The highest BCUT2D eigenvalue weighted by Crippen LogP contribution is 2.32. The van der Waals surface area contributed by atoms with Crippen molar-refractivity contribution >= 4 is 5.97 Å². The number of nitrogens with zero attached hydrogens (tertiary/aromatic N) is 1. The first-order valence-corrected chi connectivity index (χ1v) is 11.6. The summed E-state index contributed by atoms with van der Waals surface area (Å²) in [5, 5.41) is 9.50. The van der Waals surface area contributed by atoms with Crippen LogP contribution < -0.4 is 0 Å². The second-order valence-electron chi connectivity index (χ2n) is 8.96. The second kappa shape index (κ2) is 10.4. The van der Waals surface area contributed by atoms with Gasteiger partial charge in [-0.2, -0.15) is 0 Å². The lowest BCUT2D eigenvalue weighted by atomic mass is 9.89.